The maximum Gasteiger partial charge on any atom is 0.272 e. The standard InChI is InChI=1S/C16H15N3O3/c1-11-5-3-4-6-14(11)10-17-18-16(20)13-7-8-15(19(21)22)12(2)9-13/h3-10H,1-2H3,(H,18,20)/b17-10+. The number of hydrazone groups is 1. The van der Waals surface area contributed by atoms with E-state index < -0.39 is 10.8 Å². The van der Waals surface area contributed by atoms with E-state index in [0.29, 0.717) is 11.1 Å². The smallest absolute Gasteiger partial charge is 0.267 e. The van der Waals surface area contributed by atoms with Gasteiger partial charge in [-0.05, 0) is 37.1 Å². The Labute approximate surface area is 127 Å². The summed E-state index contributed by atoms with van der Waals surface area (Å²) >= 11 is 0. The van der Waals surface area contributed by atoms with Crippen LogP contribution in [0.5, 0.6) is 0 Å². The Balaban J connectivity index is 2.08. The molecular weight excluding hydrogens is 282 g/mol. The average Bonchev–Trinajstić information content (AvgIpc) is 2.48. The fraction of sp³-hybridized carbons (Fsp3) is 0.125. The molecule has 1 N–H and O–H groups in total. The third-order valence-electron chi connectivity index (χ3n) is 3.21. The molecular formula is C16H15N3O3. The van der Waals surface area contributed by atoms with Crippen LogP contribution >= 0.6 is 0 Å². The van der Waals surface area contributed by atoms with Gasteiger partial charge in [-0.25, -0.2) is 5.43 Å². The summed E-state index contributed by atoms with van der Waals surface area (Å²) in [4.78, 5) is 22.2. The fourth-order valence-corrected chi connectivity index (χ4v) is 1.96. The molecule has 0 fully saturated rings. The molecule has 0 bridgehead atoms. The third-order valence-corrected chi connectivity index (χ3v) is 3.21. The van der Waals surface area contributed by atoms with Crippen molar-refractivity contribution in [3.8, 4) is 0 Å². The van der Waals surface area contributed by atoms with Crippen LogP contribution in [0.1, 0.15) is 27.0 Å². The molecule has 0 spiro atoms. The van der Waals surface area contributed by atoms with E-state index in [1.165, 1.54) is 18.2 Å². The second kappa shape index (κ2) is 6.62. The number of carbonyl (C=O) groups is 1. The van der Waals surface area contributed by atoms with E-state index >= 15 is 0 Å². The molecule has 0 radical (unpaired) electrons. The van der Waals surface area contributed by atoms with Gasteiger partial charge < -0.3 is 0 Å². The van der Waals surface area contributed by atoms with Gasteiger partial charge in [0, 0.05) is 17.2 Å². The fourth-order valence-electron chi connectivity index (χ4n) is 1.96. The highest BCUT2D eigenvalue weighted by Gasteiger charge is 2.13. The number of nitro benzene ring substituents is 1. The average molecular weight is 297 g/mol. The molecule has 112 valence electrons. The number of benzene rings is 2. The second-order valence-electron chi connectivity index (χ2n) is 4.81. The first kappa shape index (κ1) is 15.4. The van der Waals surface area contributed by atoms with Gasteiger partial charge in [0.2, 0.25) is 0 Å². The molecule has 6 heteroatoms. The van der Waals surface area contributed by atoms with Crippen molar-refractivity contribution >= 4 is 17.8 Å². The van der Waals surface area contributed by atoms with E-state index in [2.05, 4.69) is 10.5 Å². The molecule has 2 rings (SSSR count). The summed E-state index contributed by atoms with van der Waals surface area (Å²) in [6.45, 7) is 3.54. The van der Waals surface area contributed by atoms with Crippen LogP contribution in [0.4, 0.5) is 5.69 Å². The molecule has 0 heterocycles. The molecule has 0 saturated carbocycles. The number of nitrogens with zero attached hydrogens (tertiary/aromatic N) is 2. The molecule has 0 unspecified atom stereocenters. The third kappa shape index (κ3) is 3.54. The monoisotopic (exact) mass is 297 g/mol. The number of hydrogen-bond acceptors (Lipinski definition) is 4. The van der Waals surface area contributed by atoms with Crippen LogP contribution in [0.15, 0.2) is 47.6 Å². The summed E-state index contributed by atoms with van der Waals surface area (Å²) in [7, 11) is 0. The minimum Gasteiger partial charge on any atom is -0.267 e. The van der Waals surface area contributed by atoms with Crippen molar-refractivity contribution < 1.29 is 9.72 Å². The summed E-state index contributed by atoms with van der Waals surface area (Å²) in [6, 6.07) is 11.8. The van der Waals surface area contributed by atoms with Crippen molar-refractivity contribution in [3.05, 3.63) is 74.8 Å². The number of rotatable bonds is 4. The Bertz CT molecular complexity index is 754. The highest BCUT2D eigenvalue weighted by atomic mass is 16.6. The number of nitrogens with one attached hydrogen (secondary N) is 1. The second-order valence-corrected chi connectivity index (χ2v) is 4.81. The predicted octanol–water partition coefficient (Wildman–Crippen LogP) is 2.98. The van der Waals surface area contributed by atoms with Gasteiger partial charge in [0.05, 0.1) is 11.1 Å². The molecule has 2 aromatic carbocycles. The molecule has 0 aromatic heterocycles. The Morgan fingerprint density at radius 3 is 2.55 bits per heavy atom. The van der Waals surface area contributed by atoms with Gasteiger partial charge in [-0.1, -0.05) is 24.3 Å². The zero-order valence-electron chi connectivity index (χ0n) is 12.2. The SMILES string of the molecule is Cc1ccccc1/C=N/NC(=O)c1ccc([N+](=O)[O-])c(C)c1. The minimum atomic E-state index is -0.479. The Morgan fingerprint density at radius 2 is 1.91 bits per heavy atom. The predicted molar refractivity (Wildman–Crippen MR) is 84.1 cm³/mol. The van der Waals surface area contributed by atoms with Gasteiger partial charge in [0.15, 0.2) is 0 Å². The van der Waals surface area contributed by atoms with E-state index in [4.69, 9.17) is 0 Å². The maximum absolute atomic E-state index is 12.0. The van der Waals surface area contributed by atoms with Gasteiger partial charge >= 0.3 is 0 Å². The Hall–Kier alpha value is -3.02. The van der Waals surface area contributed by atoms with Crippen molar-refractivity contribution in [2.24, 2.45) is 5.10 Å². The van der Waals surface area contributed by atoms with E-state index in [-0.39, 0.29) is 5.69 Å². The van der Waals surface area contributed by atoms with Gasteiger partial charge in [-0.15, -0.1) is 0 Å². The van der Waals surface area contributed by atoms with Gasteiger partial charge in [0.25, 0.3) is 11.6 Å². The van der Waals surface area contributed by atoms with Crippen LogP contribution in [0.2, 0.25) is 0 Å². The lowest BCUT2D eigenvalue weighted by atomic mass is 10.1. The van der Waals surface area contributed by atoms with E-state index in [9.17, 15) is 14.9 Å². The van der Waals surface area contributed by atoms with Gasteiger partial charge in [-0.2, -0.15) is 5.10 Å². The number of nitro groups is 1. The van der Waals surface area contributed by atoms with Crippen LogP contribution in [0.25, 0.3) is 0 Å². The Kier molecular flexibility index (Phi) is 4.63. The van der Waals surface area contributed by atoms with E-state index in [0.717, 1.165) is 11.1 Å². The van der Waals surface area contributed by atoms with Crippen molar-refractivity contribution in [1.29, 1.82) is 0 Å². The number of carbonyl (C=O) groups excluding carboxylic acids is 1. The quantitative estimate of drug-likeness (QED) is 0.535. The van der Waals surface area contributed by atoms with Crippen molar-refractivity contribution in [1.82, 2.24) is 5.43 Å². The molecule has 0 aliphatic rings. The lowest BCUT2D eigenvalue weighted by molar-refractivity contribution is -0.385. The molecule has 0 aliphatic heterocycles. The van der Waals surface area contributed by atoms with Crippen LogP contribution in [-0.2, 0) is 0 Å². The van der Waals surface area contributed by atoms with Crippen LogP contribution in [-0.4, -0.2) is 17.0 Å². The zero-order valence-corrected chi connectivity index (χ0v) is 12.2. The molecule has 6 nitrogen and oxygen atoms in total. The zero-order chi connectivity index (χ0) is 16.1. The number of hydrogen-bond donors (Lipinski definition) is 1. The highest BCUT2D eigenvalue weighted by molar-refractivity contribution is 5.95. The maximum atomic E-state index is 12.0. The first-order valence-electron chi connectivity index (χ1n) is 6.63. The summed E-state index contributed by atoms with van der Waals surface area (Å²) in [5.41, 5.74) is 5.11. The van der Waals surface area contributed by atoms with Crippen molar-refractivity contribution in [3.63, 3.8) is 0 Å². The summed E-state index contributed by atoms with van der Waals surface area (Å²) in [5.74, 6) is -0.414. The van der Waals surface area contributed by atoms with Crippen LogP contribution in [0, 0.1) is 24.0 Å². The molecule has 0 saturated heterocycles. The summed E-state index contributed by atoms with van der Waals surface area (Å²) in [6.07, 6.45) is 1.56. The minimum absolute atomic E-state index is 0.0139. The topological polar surface area (TPSA) is 84.6 Å². The Morgan fingerprint density at radius 1 is 1.18 bits per heavy atom. The molecule has 22 heavy (non-hydrogen) atoms. The normalized spacial score (nSPS) is 10.6. The largest absolute Gasteiger partial charge is 0.272 e. The first-order valence-corrected chi connectivity index (χ1v) is 6.63. The highest BCUT2D eigenvalue weighted by Crippen LogP contribution is 2.18. The van der Waals surface area contributed by atoms with Crippen molar-refractivity contribution in [2.45, 2.75) is 13.8 Å². The lowest BCUT2D eigenvalue weighted by Crippen LogP contribution is -2.17. The van der Waals surface area contributed by atoms with Crippen LogP contribution in [0.3, 0.4) is 0 Å². The molecule has 1 amide bonds. The lowest BCUT2D eigenvalue weighted by Gasteiger charge is -2.02. The van der Waals surface area contributed by atoms with Gasteiger partial charge in [0.1, 0.15) is 0 Å². The summed E-state index contributed by atoms with van der Waals surface area (Å²) in [5, 5.41) is 14.7. The molecule has 0 aliphatic carbocycles. The first-order chi connectivity index (χ1) is 10.5. The number of amides is 1. The van der Waals surface area contributed by atoms with Crippen LogP contribution < -0.4 is 5.43 Å². The summed E-state index contributed by atoms with van der Waals surface area (Å²) < 4.78 is 0. The number of aryl methyl sites for hydroxylation is 2. The van der Waals surface area contributed by atoms with E-state index in [1.54, 1.807) is 13.1 Å². The molecule has 0 atom stereocenters. The molecule has 2 aromatic rings. The van der Waals surface area contributed by atoms with Gasteiger partial charge in [-0.3, -0.25) is 14.9 Å². The van der Waals surface area contributed by atoms with Crippen molar-refractivity contribution in [2.75, 3.05) is 0 Å². The van der Waals surface area contributed by atoms with E-state index in [1.807, 2.05) is 31.2 Å².